The van der Waals surface area contributed by atoms with Gasteiger partial charge in [0.2, 0.25) is 0 Å². The first-order valence-corrected chi connectivity index (χ1v) is 3.55. The van der Waals surface area contributed by atoms with Gasteiger partial charge in [-0.15, -0.1) is 0 Å². The molecule has 0 atom stereocenters. The molecule has 1 heterocycles. The number of aromatic nitrogens is 1. The molecule has 9 heavy (non-hydrogen) atoms. The standard InChI is InChI=1S/C6H9NOS/c1-2-6-3-5(4-9)7-8-6/h3,9H,2,4H2,1H3. The van der Waals surface area contributed by atoms with Gasteiger partial charge in [0, 0.05) is 18.2 Å². The van der Waals surface area contributed by atoms with Crippen molar-refractivity contribution >= 4 is 12.6 Å². The van der Waals surface area contributed by atoms with E-state index < -0.39 is 0 Å². The topological polar surface area (TPSA) is 26.0 Å². The molecule has 0 N–H and O–H groups in total. The predicted molar refractivity (Wildman–Crippen MR) is 38.6 cm³/mol. The molecule has 50 valence electrons. The Kier molecular flexibility index (Phi) is 2.16. The molecule has 1 rings (SSSR count). The predicted octanol–water partition coefficient (Wildman–Crippen LogP) is 1.67. The van der Waals surface area contributed by atoms with Crippen LogP contribution in [0, 0.1) is 0 Å². The van der Waals surface area contributed by atoms with Gasteiger partial charge in [0.25, 0.3) is 0 Å². The van der Waals surface area contributed by atoms with E-state index in [1.807, 2.05) is 13.0 Å². The summed E-state index contributed by atoms with van der Waals surface area (Å²) in [7, 11) is 0. The van der Waals surface area contributed by atoms with Crippen molar-refractivity contribution in [3.8, 4) is 0 Å². The van der Waals surface area contributed by atoms with Crippen molar-refractivity contribution in [2.75, 3.05) is 0 Å². The minimum absolute atomic E-state index is 0.656. The molecule has 0 bridgehead atoms. The van der Waals surface area contributed by atoms with E-state index in [1.165, 1.54) is 0 Å². The minimum Gasteiger partial charge on any atom is -0.361 e. The fourth-order valence-corrected chi connectivity index (χ4v) is 0.746. The molecule has 1 aromatic heterocycles. The zero-order valence-corrected chi connectivity index (χ0v) is 6.19. The van der Waals surface area contributed by atoms with Crippen LogP contribution in [0.25, 0.3) is 0 Å². The quantitative estimate of drug-likeness (QED) is 0.637. The summed E-state index contributed by atoms with van der Waals surface area (Å²) in [6.07, 6.45) is 0.904. The number of rotatable bonds is 2. The number of hydrogen-bond donors (Lipinski definition) is 1. The van der Waals surface area contributed by atoms with Gasteiger partial charge >= 0.3 is 0 Å². The molecule has 0 aliphatic heterocycles. The summed E-state index contributed by atoms with van der Waals surface area (Å²) in [6, 6.07) is 1.92. The summed E-state index contributed by atoms with van der Waals surface area (Å²) in [5, 5.41) is 3.75. The number of thiol groups is 1. The highest BCUT2D eigenvalue weighted by Crippen LogP contribution is 2.05. The van der Waals surface area contributed by atoms with Crippen LogP contribution in [0.4, 0.5) is 0 Å². The molecule has 0 aliphatic carbocycles. The normalized spacial score (nSPS) is 10.0. The van der Waals surface area contributed by atoms with E-state index in [0.29, 0.717) is 5.75 Å². The molecule has 0 spiro atoms. The van der Waals surface area contributed by atoms with Gasteiger partial charge in [0.15, 0.2) is 0 Å². The Bertz CT molecular complexity index is 166. The Morgan fingerprint density at radius 3 is 2.89 bits per heavy atom. The Morgan fingerprint density at radius 1 is 1.78 bits per heavy atom. The molecule has 0 aromatic carbocycles. The fraction of sp³-hybridized carbons (Fsp3) is 0.500. The van der Waals surface area contributed by atoms with Gasteiger partial charge in [-0.05, 0) is 0 Å². The highest BCUT2D eigenvalue weighted by molar-refractivity contribution is 7.79. The van der Waals surface area contributed by atoms with Gasteiger partial charge in [0.1, 0.15) is 5.76 Å². The van der Waals surface area contributed by atoms with Crippen LogP contribution in [0.5, 0.6) is 0 Å². The fourth-order valence-electron chi connectivity index (χ4n) is 0.597. The molecule has 0 radical (unpaired) electrons. The molecule has 0 saturated carbocycles. The Balaban J connectivity index is 2.74. The minimum atomic E-state index is 0.656. The highest BCUT2D eigenvalue weighted by atomic mass is 32.1. The smallest absolute Gasteiger partial charge is 0.136 e. The van der Waals surface area contributed by atoms with Crippen molar-refractivity contribution in [2.24, 2.45) is 0 Å². The maximum Gasteiger partial charge on any atom is 0.136 e. The lowest BCUT2D eigenvalue weighted by Gasteiger charge is -1.77. The van der Waals surface area contributed by atoms with Crippen molar-refractivity contribution in [2.45, 2.75) is 19.1 Å². The average Bonchev–Trinajstić information content (AvgIpc) is 2.34. The van der Waals surface area contributed by atoms with E-state index in [4.69, 9.17) is 4.52 Å². The van der Waals surface area contributed by atoms with E-state index in [2.05, 4.69) is 17.8 Å². The van der Waals surface area contributed by atoms with Gasteiger partial charge in [-0.2, -0.15) is 12.6 Å². The summed E-state index contributed by atoms with van der Waals surface area (Å²) in [5.74, 6) is 1.59. The molecular weight excluding hydrogens is 134 g/mol. The van der Waals surface area contributed by atoms with Crippen LogP contribution in [-0.2, 0) is 12.2 Å². The molecule has 2 nitrogen and oxygen atoms in total. The lowest BCUT2D eigenvalue weighted by molar-refractivity contribution is 0.382. The van der Waals surface area contributed by atoms with Crippen molar-refractivity contribution in [1.29, 1.82) is 0 Å². The van der Waals surface area contributed by atoms with Gasteiger partial charge in [0.05, 0.1) is 5.69 Å². The highest BCUT2D eigenvalue weighted by Gasteiger charge is 1.97. The van der Waals surface area contributed by atoms with E-state index in [1.54, 1.807) is 0 Å². The second-order valence-electron chi connectivity index (χ2n) is 1.80. The maximum absolute atomic E-state index is 4.91. The molecule has 0 fully saturated rings. The zero-order chi connectivity index (χ0) is 6.69. The molecule has 1 aromatic rings. The third kappa shape index (κ3) is 1.48. The first-order chi connectivity index (χ1) is 4.36. The van der Waals surface area contributed by atoms with Crippen LogP contribution < -0.4 is 0 Å². The number of hydrogen-bond acceptors (Lipinski definition) is 3. The van der Waals surface area contributed by atoms with Gasteiger partial charge in [-0.25, -0.2) is 0 Å². The Hall–Kier alpha value is -0.440. The van der Waals surface area contributed by atoms with Gasteiger partial charge < -0.3 is 4.52 Å². The van der Waals surface area contributed by atoms with Crippen molar-refractivity contribution < 1.29 is 4.52 Å². The largest absolute Gasteiger partial charge is 0.361 e. The summed E-state index contributed by atoms with van der Waals surface area (Å²) >= 11 is 4.04. The molecular formula is C6H9NOS. The lowest BCUT2D eigenvalue weighted by Crippen LogP contribution is -1.71. The summed E-state index contributed by atoms with van der Waals surface area (Å²) < 4.78 is 4.91. The lowest BCUT2D eigenvalue weighted by atomic mass is 10.3. The SMILES string of the molecule is CCc1cc(CS)no1. The van der Waals surface area contributed by atoms with Crippen molar-refractivity contribution in [3.63, 3.8) is 0 Å². The molecule has 0 amide bonds. The molecule has 3 heteroatoms. The van der Waals surface area contributed by atoms with Crippen LogP contribution in [0.15, 0.2) is 10.6 Å². The third-order valence-corrected chi connectivity index (χ3v) is 1.44. The molecule has 0 aliphatic rings. The molecule has 0 unspecified atom stereocenters. The van der Waals surface area contributed by atoms with Crippen molar-refractivity contribution in [1.82, 2.24) is 5.16 Å². The summed E-state index contributed by atoms with van der Waals surface area (Å²) in [6.45, 7) is 2.03. The number of aryl methyl sites for hydroxylation is 1. The van der Waals surface area contributed by atoms with E-state index in [0.717, 1.165) is 17.9 Å². The Morgan fingerprint density at radius 2 is 2.56 bits per heavy atom. The number of nitrogens with zero attached hydrogens (tertiary/aromatic N) is 1. The van der Waals surface area contributed by atoms with Gasteiger partial charge in [-0.3, -0.25) is 0 Å². The average molecular weight is 143 g/mol. The van der Waals surface area contributed by atoms with E-state index in [9.17, 15) is 0 Å². The maximum atomic E-state index is 4.91. The van der Waals surface area contributed by atoms with E-state index >= 15 is 0 Å². The monoisotopic (exact) mass is 143 g/mol. The van der Waals surface area contributed by atoms with Gasteiger partial charge in [-0.1, -0.05) is 12.1 Å². The second kappa shape index (κ2) is 2.92. The van der Waals surface area contributed by atoms with Crippen LogP contribution in [0.1, 0.15) is 18.4 Å². The Labute approximate surface area is 59.6 Å². The first-order valence-electron chi connectivity index (χ1n) is 2.92. The zero-order valence-electron chi connectivity index (χ0n) is 5.29. The first kappa shape index (κ1) is 6.68. The summed E-state index contributed by atoms with van der Waals surface area (Å²) in [5.41, 5.74) is 0.912. The summed E-state index contributed by atoms with van der Waals surface area (Å²) in [4.78, 5) is 0. The van der Waals surface area contributed by atoms with Crippen LogP contribution in [-0.4, -0.2) is 5.16 Å². The van der Waals surface area contributed by atoms with Crippen LogP contribution in [0.3, 0.4) is 0 Å². The molecule has 0 saturated heterocycles. The van der Waals surface area contributed by atoms with Crippen LogP contribution in [0.2, 0.25) is 0 Å². The third-order valence-electron chi connectivity index (χ3n) is 1.12. The van der Waals surface area contributed by atoms with Crippen molar-refractivity contribution in [3.05, 3.63) is 17.5 Å². The van der Waals surface area contributed by atoms with Crippen LogP contribution >= 0.6 is 12.6 Å². The second-order valence-corrected chi connectivity index (χ2v) is 2.11. The van der Waals surface area contributed by atoms with E-state index in [-0.39, 0.29) is 0 Å².